The van der Waals surface area contributed by atoms with Crippen molar-refractivity contribution in [2.24, 2.45) is 11.8 Å². The number of benzene rings is 1. The van der Waals surface area contributed by atoms with Crippen molar-refractivity contribution >= 4 is 27.4 Å². The van der Waals surface area contributed by atoms with Gasteiger partial charge in [0.25, 0.3) is 0 Å². The Hall–Kier alpha value is -1.73. The Morgan fingerprint density at radius 1 is 1.07 bits per heavy atom. The minimum absolute atomic E-state index is 0.103. The Balaban J connectivity index is 1.36. The van der Waals surface area contributed by atoms with Gasteiger partial charge in [-0.3, -0.25) is 15.0 Å². The highest BCUT2D eigenvalue weighted by Gasteiger charge is 2.30. The lowest BCUT2D eigenvalue weighted by Gasteiger charge is -2.37. The summed E-state index contributed by atoms with van der Waals surface area (Å²) >= 11 is 1.58. The number of hydrogen-bond donors (Lipinski definition) is 0. The predicted molar refractivity (Wildman–Crippen MR) is 110 cm³/mol. The van der Waals surface area contributed by atoms with E-state index in [2.05, 4.69) is 34.1 Å². The normalized spacial score (nSPS) is 24.8. The minimum atomic E-state index is -0.103. The van der Waals surface area contributed by atoms with E-state index in [0.717, 1.165) is 57.8 Å². The fourth-order valence-electron chi connectivity index (χ4n) is 4.71. The van der Waals surface area contributed by atoms with Gasteiger partial charge in [-0.1, -0.05) is 31.4 Å². The molecule has 146 valence electrons. The van der Waals surface area contributed by atoms with Crippen molar-refractivity contribution in [3.05, 3.63) is 34.4 Å². The highest BCUT2D eigenvalue weighted by molar-refractivity contribution is 7.13. The molecule has 2 aliphatic rings. The summed E-state index contributed by atoms with van der Waals surface area (Å²) in [6.07, 6.45) is 5.78. The molecule has 1 saturated heterocycles. The molecule has 1 saturated carbocycles. The summed E-state index contributed by atoms with van der Waals surface area (Å²) in [5, 5.41) is 12.3. The Morgan fingerprint density at radius 2 is 1.81 bits per heavy atom. The molecule has 0 spiro atoms. The maximum Gasteiger partial charge on any atom is 0.206 e. The van der Waals surface area contributed by atoms with Gasteiger partial charge in [-0.2, -0.15) is 4.37 Å². The van der Waals surface area contributed by atoms with Gasteiger partial charge in [0.2, 0.25) is 6.54 Å². The van der Waals surface area contributed by atoms with E-state index in [1.807, 2.05) is 0 Å². The van der Waals surface area contributed by atoms with E-state index in [1.54, 1.807) is 11.5 Å². The molecule has 2 heterocycles. The molecule has 1 aliphatic heterocycles. The molecule has 1 aromatic carbocycles. The third-order valence-corrected chi connectivity index (χ3v) is 7.04. The lowest BCUT2D eigenvalue weighted by Crippen LogP contribution is -2.48. The number of aromatic nitrogens is 1. The second-order valence-electron chi connectivity index (χ2n) is 7.96. The lowest BCUT2D eigenvalue weighted by molar-refractivity contribution is -0.490. The molecule has 6 nitrogen and oxygen atoms in total. The van der Waals surface area contributed by atoms with Crippen LogP contribution in [0, 0.1) is 22.0 Å². The van der Waals surface area contributed by atoms with Crippen molar-refractivity contribution in [2.45, 2.75) is 32.1 Å². The molecular formula is C20H28N4O2S. The maximum absolute atomic E-state index is 11.1. The topological polar surface area (TPSA) is 62.5 Å². The van der Waals surface area contributed by atoms with E-state index >= 15 is 0 Å². The zero-order valence-electron chi connectivity index (χ0n) is 15.8. The van der Waals surface area contributed by atoms with Crippen molar-refractivity contribution in [2.75, 3.05) is 44.2 Å². The van der Waals surface area contributed by atoms with Crippen LogP contribution in [0.4, 0.5) is 5.82 Å². The van der Waals surface area contributed by atoms with Gasteiger partial charge in [-0.15, -0.1) is 0 Å². The molecule has 4 rings (SSSR count). The molecule has 7 heteroatoms. The smallest absolute Gasteiger partial charge is 0.206 e. The summed E-state index contributed by atoms with van der Waals surface area (Å²) in [5.41, 5.74) is 0. The third kappa shape index (κ3) is 4.41. The van der Waals surface area contributed by atoms with Gasteiger partial charge in [-0.05, 0) is 42.4 Å². The van der Waals surface area contributed by atoms with Crippen LogP contribution in [0.15, 0.2) is 24.3 Å². The summed E-state index contributed by atoms with van der Waals surface area (Å²) in [4.78, 5) is 15.9. The first-order valence-corrected chi connectivity index (χ1v) is 10.9. The molecule has 2 atom stereocenters. The van der Waals surface area contributed by atoms with Gasteiger partial charge in [0, 0.05) is 49.0 Å². The van der Waals surface area contributed by atoms with Gasteiger partial charge >= 0.3 is 0 Å². The van der Waals surface area contributed by atoms with E-state index in [1.165, 1.54) is 22.9 Å². The van der Waals surface area contributed by atoms with Gasteiger partial charge in [0.15, 0.2) is 0 Å². The molecule has 2 aromatic rings. The molecule has 2 fully saturated rings. The molecule has 1 aromatic heterocycles. The van der Waals surface area contributed by atoms with Crippen LogP contribution in [0.5, 0.6) is 0 Å². The predicted octanol–water partition coefficient (Wildman–Crippen LogP) is 3.89. The highest BCUT2D eigenvalue weighted by Crippen LogP contribution is 2.32. The quantitative estimate of drug-likeness (QED) is 0.442. The number of fused-ring (bicyclic) bond motifs is 1. The van der Waals surface area contributed by atoms with Gasteiger partial charge in [0.05, 0.1) is 4.70 Å². The zero-order chi connectivity index (χ0) is 18.6. The molecule has 27 heavy (non-hydrogen) atoms. The van der Waals surface area contributed by atoms with E-state index in [9.17, 15) is 10.1 Å². The van der Waals surface area contributed by atoms with E-state index in [4.69, 9.17) is 4.37 Å². The SMILES string of the molecule is O=[N+]([O-])CC1CCCCCC1CN1CCN(c2nsc3ccccc23)CC1. The van der Waals surface area contributed by atoms with Crippen molar-refractivity contribution in [3.8, 4) is 0 Å². The Labute approximate surface area is 164 Å². The average molecular weight is 389 g/mol. The van der Waals surface area contributed by atoms with Crippen molar-refractivity contribution in [3.63, 3.8) is 0 Å². The Bertz CT molecular complexity index is 772. The fraction of sp³-hybridized carbons (Fsp3) is 0.650. The standard InChI is InChI=1S/C20H28N4O2S/c25-24(26)15-17-7-3-1-2-6-16(17)14-22-10-12-23(13-11-22)20-18-8-4-5-9-19(18)27-21-20/h4-5,8-9,16-17H,1-3,6-7,10-15H2. The van der Waals surface area contributed by atoms with Crippen LogP contribution >= 0.6 is 11.5 Å². The van der Waals surface area contributed by atoms with Crippen molar-refractivity contribution in [1.82, 2.24) is 9.27 Å². The first kappa shape index (κ1) is 18.6. The van der Waals surface area contributed by atoms with Crippen LogP contribution in [0.2, 0.25) is 0 Å². The maximum atomic E-state index is 11.1. The Kier molecular flexibility index (Phi) is 5.88. The molecule has 2 unspecified atom stereocenters. The summed E-state index contributed by atoms with van der Waals surface area (Å²) < 4.78 is 5.94. The summed E-state index contributed by atoms with van der Waals surface area (Å²) in [6, 6.07) is 8.44. The molecule has 0 N–H and O–H groups in total. The zero-order valence-corrected chi connectivity index (χ0v) is 16.6. The van der Waals surface area contributed by atoms with Gasteiger partial charge in [0.1, 0.15) is 5.82 Å². The number of piperazine rings is 1. The van der Waals surface area contributed by atoms with Crippen LogP contribution in [-0.2, 0) is 0 Å². The van der Waals surface area contributed by atoms with Gasteiger partial charge < -0.3 is 4.90 Å². The first-order chi connectivity index (χ1) is 13.2. The fourth-order valence-corrected chi connectivity index (χ4v) is 5.50. The minimum Gasteiger partial charge on any atom is -0.353 e. The van der Waals surface area contributed by atoms with Crippen LogP contribution in [0.3, 0.4) is 0 Å². The summed E-state index contributed by atoms with van der Waals surface area (Å²) in [5.74, 6) is 1.85. The number of nitrogens with zero attached hydrogens (tertiary/aromatic N) is 4. The van der Waals surface area contributed by atoms with Crippen LogP contribution < -0.4 is 4.90 Å². The second-order valence-corrected chi connectivity index (χ2v) is 8.77. The lowest BCUT2D eigenvalue weighted by atomic mass is 9.87. The molecular weight excluding hydrogens is 360 g/mol. The largest absolute Gasteiger partial charge is 0.353 e. The van der Waals surface area contributed by atoms with Crippen molar-refractivity contribution in [1.29, 1.82) is 0 Å². The first-order valence-electron chi connectivity index (χ1n) is 10.1. The summed E-state index contributed by atoms with van der Waals surface area (Å²) in [7, 11) is 0. The van der Waals surface area contributed by atoms with E-state index in [-0.39, 0.29) is 17.4 Å². The average Bonchev–Trinajstić information content (AvgIpc) is 2.99. The van der Waals surface area contributed by atoms with Crippen LogP contribution in [0.1, 0.15) is 32.1 Å². The molecule has 0 amide bonds. The Morgan fingerprint density at radius 3 is 2.59 bits per heavy atom. The molecule has 0 bridgehead atoms. The van der Waals surface area contributed by atoms with E-state index in [0.29, 0.717) is 5.92 Å². The molecule has 0 radical (unpaired) electrons. The van der Waals surface area contributed by atoms with Gasteiger partial charge in [-0.25, -0.2) is 0 Å². The molecule has 1 aliphatic carbocycles. The van der Waals surface area contributed by atoms with Crippen LogP contribution in [0.25, 0.3) is 10.1 Å². The third-order valence-electron chi connectivity index (χ3n) is 6.22. The van der Waals surface area contributed by atoms with E-state index < -0.39 is 0 Å². The summed E-state index contributed by atoms with van der Waals surface area (Å²) in [6.45, 7) is 5.18. The van der Waals surface area contributed by atoms with Crippen LogP contribution in [-0.4, -0.2) is 53.5 Å². The number of rotatable bonds is 5. The highest BCUT2D eigenvalue weighted by atomic mass is 32.1. The monoisotopic (exact) mass is 388 g/mol. The number of hydrogen-bond acceptors (Lipinski definition) is 6. The number of anilines is 1. The van der Waals surface area contributed by atoms with Crippen molar-refractivity contribution < 1.29 is 4.92 Å². The second kappa shape index (κ2) is 8.52. The number of nitro groups is 1.